The Bertz CT molecular complexity index is 842. The third kappa shape index (κ3) is 4.57. The highest BCUT2D eigenvalue weighted by Gasteiger charge is 2.22. The Balaban J connectivity index is 1.64. The van der Waals surface area contributed by atoms with Crippen molar-refractivity contribution in [3.8, 4) is 5.75 Å². The summed E-state index contributed by atoms with van der Waals surface area (Å²) in [6.45, 7) is 0.291. The van der Waals surface area contributed by atoms with E-state index in [1.54, 1.807) is 0 Å². The third-order valence-corrected chi connectivity index (χ3v) is 5.64. The summed E-state index contributed by atoms with van der Waals surface area (Å²) in [4.78, 5) is 0.0611. The molecule has 140 valence electrons. The minimum Gasteiger partial charge on any atom is -0.488 e. The van der Waals surface area contributed by atoms with E-state index in [9.17, 15) is 17.2 Å². The summed E-state index contributed by atoms with van der Waals surface area (Å²) in [5, 5.41) is 3.32. The van der Waals surface area contributed by atoms with Crippen LogP contribution in [0.4, 0.5) is 8.78 Å². The van der Waals surface area contributed by atoms with E-state index in [1.165, 1.54) is 29.8 Å². The molecule has 0 amide bonds. The summed E-state index contributed by atoms with van der Waals surface area (Å²) >= 11 is 0. The predicted octanol–water partition coefficient (Wildman–Crippen LogP) is 2.50. The van der Waals surface area contributed by atoms with E-state index in [-0.39, 0.29) is 23.2 Å². The van der Waals surface area contributed by atoms with Crippen LogP contribution in [0.15, 0.2) is 53.4 Å². The van der Waals surface area contributed by atoms with Gasteiger partial charge < -0.3 is 10.1 Å². The molecule has 0 aromatic heterocycles. The van der Waals surface area contributed by atoms with Gasteiger partial charge in [-0.15, -0.1) is 0 Å². The minimum absolute atomic E-state index is 0.0611. The van der Waals surface area contributed by atoms with Crippen molar-refractivity contribution < 1.29 is 21.9 Å². The second-order valence-corrected chi connectivity index (χ2v) is 7.75. The van der Waals surface area contributed by atoms with Crippen LogP contribution in [-0.2, 0) is 16.4 Å². The number of hydrogen-bond acceptors (Lipinski definition) is 4. The average Bonchev–Trinajstić information content (AvgIpc) is 2.65. The third-order valence-electron chi connectivity index (χ3n) is 4.20. The minimum atomic E-state index is -3.70. The summed E-state index contributed by atoms with van der Waals surface area (Å²) < 4.78 is 56.7. The van der Waals surface area contributed by atoms with Gasteiger partial charge in [0.05, 0.1) is 4.90 Å². The molecule has 1 aliphatic heterocycles. The molecule has 5 nitrogen and oxygen atoms in total. The first-order chi connectivity index (χ1) is 12.5. The lowest BCUT2D eigenvalue weighted by Gasteiger charge is -2.27. The number of benzene rings is 2. The van der Waals surface area contributed by atoms with Crippen LogP contribution in [0.3, 0.4) is 0 Å². The smallest absolute Gasteiger partial charge is 0.272 e. The molecule has 0 radical (unpaired) electrons. The molecular weight excluding hydrogens is 362 g/mol. The van der Waals surface area contributed by atoms with Crippen LogP contribution >= 0.6 is 0 Å². The van der Waals surface area contributed by atoms with Crippen molar-refractivity contribution in [2.24, 2.45) is 0 Å². The Morgan fingerprint density at radius 3 is 2.62 bits per heavy atom. The van der Waals surface area contributed by atoms with Crippen molar-refractivity contribution in [2.75, 3.05) is 19.7 Å². The number of rotatable bonds is 7. The summed E-state index contributed by atoms with van der Waals surface area (Å²) in [6.07, 6.45) is -1.66. The van der Waals surface area contributed by atoms with Gasteiger partial charge in [0.2, 0.25) is 10.0 Å². The Labute approximate surface area is 151 Å². The van der Waals surface area contributed by atoms with E-state index in [4.69, 9.17) is 4.74 Å². The molecule has 0 saturated carbocycles. The maximum atomic E-state index is 12.5. The highest BCUT2D eigenvalue weighted by molar-refractivity contribution is 7.89. The molecule has 0 aliphatic carbocycles. The highest BCUT2D eigenvalue weighted by atomic mass is 32.2. The molecule has 2 aromatic rings. The van der Waals surface area contributed by atoms with Crippen LogP contribution in [0, 0.1) is 0 Å². The molecule has 2 N–H and O–H groups in total. The largest absolute Gasteiger partial charge is 0.488 e. The molecule has 1 atom stereocenters. The molecule has 1 heterocycles. The normalized spacial score (nSPS) is 17.1. The number of fused-ring (bicyclic) bond motifs is 1. The second kappa shape index (κ2) is 8.11. The monoisotopic (exact) mass is 382 g/mol. The molecule has 26 heavy (non-hydrogen) atoms. The van der Waals surface area contributed by atoms with Gasteiger partial charge in [0.15, 0.2) is 0 Å². The van der Waals surface area contributed by atoms with E-state index < -0.39 is 23.1 Å². The molecule has 0 bridgehead atoms. The molecular formula is C18H20F2N2O3S. The molecule has 3 rings (SSSR count). The van der Waals surface area contributed by atoms with Gasteiger partial charge in [0, 0.05) is 12.6 Å². The fraction of sp³-hybridized carbons (Fsp3) is 0.333. The van der Waals surface area contributed by atoms with Gasteiger partial charge in [-0.25, -0.2) is 21.9 Å². The van der Waals surface area contributed by atoms with Gasteiger partial charge in [0.25, 0.3) is 6.43 Å². The first kappa shape index (κ1) is 18.8. The highest BCUT2D eigenvalue weighted by Crippen LogP contribution is 2.23. The topological polar surface area (TPSA) is 67.4 Å². The van der Waals surface area contributed by atoms with Crippen molar-refractivity contribution in [3.63, 3.8) is 0 Å². The zero-order valence-corrected chi connectivity index (χ0v) is 14.8. The predicted molar refractivity (Wildman–Crippen MR) is 94.0 cm³/mol. The SMILES string of the molecule is O=S(=O)(NCC1NCCc2ccccc21)c1ccc(OCC(F)F)cc1. The van der Waals surface area contributed by atoms with E-state index in [0.29, 0.717) is 0 Å². The van der Waals surface area contributed by atoms with Crippen molar-refractivity contribution in [1.82, 2.24) is 10.0 Å². The van der Waals surface area contributed by atoms with Crippen molar-refractivity contribution in [1.29, 1.82) is 0 Å². The lowest BCUT2D eigenvalue weighted by Crippen LogP contribution is -2.38. The number of halogens is 2. The van der Waals surface area contributed by atoms with Crippen molar-refractivity contribution >= 4 is 10.0 Å². The molecule has 8 heteroatoms. The molecule has 0 spiro atoms. The van der Waals surface area contributed by atoms with Gasteiger partial charge in [-0.3, -0.25) is 0 Å². The van der Waals surface area contributed by atoms with Crippen LogP contribution in [-0.4, -0.2) is 34.5 Å². The zero-order valence-electron chi connectivity index (χ0n) is 14.0. The van der Waals surface area contributed by atoms with Gasteiger partial charge in [0.1, 0.15) is 12.4 Å². The fourth-order valence-corrected chi connectivity index (χ4v) is 3.97. The Morgan fingerprint density at radius 1 is 1.15 bits per heavy atom. The van der Waals surface area contributed by atoms with Crippen LogP contribution in [0.1, 0.15) is 17.2 Å². The van der Waals surface area contributed by atoms with Crippen LogP contribution in [0.25, 0.3) is 0 Å². The number of sulfonamides is 1. The van der Waals surface area contributed by atoms with Gasteiger partial charge in [-0.05, 0) is 48.4 Å². The molecule has 1 aliphatic rings. The van der Waals surface area contributed by atoms with Gasteiger partial charge >= 0.3 is 0 Å². The van der Waals surface area contributed by atoms with E-state index >= 15 is 0 Å². The molecule has 2 aromatic carbocycles. The average molecular weight is 382 g/mol. The Kier molecular flexibility index (Phi) is 5.85. The van der Waals surface area contributed by atoms with Gasteiger partial charge in [-0.2, -0.15) is 0 Å². The van der Waals surface area contributed by atoms with Crippen LogP contribution in [0.2, 0.25) is 0 Å². The first-order valence-corrected chi connectivity index (χ1v) is 9.76. The quantitative estimate of drug-likeness (QED) is 0.772. The van der Waals surface area contributed by atoms with Crippen LogP contribution < -0.4 is 14.8 Å². The second-order valence-electron chi connectivity index (χ2n) is 5.98. The summed E-state index contributed by atoms with van der Waals surface area (Å²) in [5.41, 5.74) is 2.31. The van der Waals surface area contributed by atoms with Crippen molar-refractivity contribution in [2.45, 2.75) is 23.8 Å². The zero-order chi connectivity index (χ0) is 18.6. The number of ether oxygens (including phenoxy) is 1. The van der Waals surface area contributed by atoms with Crippen molar-refractivity contribution in [3.05, 3.63) is 59.7 Å². The van der Waals surface area contributed by atoms with Gasteiger partial charge in [-0.1, -0.05) is 24.3 Å². The van der Waals surface area contributed by atoms with E-state index in [1.807, 2.05) is 18.2 Å². The first-order valence-electron chi connectivity index (χ1n) is 8.27. The maximum Gasteiger partial charge on any atom is 0.272 e. The lowest BCUT2D eigenvalue weighted by atomic mass is 9.95. The molecule has 0 saturated heterocycles. The molecule has 0 fully saturated rings. The Morgan fingerprint density at radius 2 is 1.88 bits per heavy atom. The standard InChI is InChI=1S/C18H20F2N2O3S/c19-18(20)12-25-14-5-7-15(8-6-14)26(23,24)22-11-17-16-4-2-1-3-13(16)9-10-21-17/h1-8,17-18,21-22H,9-12H2. The number of nitrogens with one attached hydrogen (secondary N) is 2. The lowest BCUT2D eigenvalue weighted by molar-refractivity contribution is 0.0819. The number of hydrogen-bond donors (Lipinski definition) is 2. The summed E-state index contributed by atoms with van der Waals surface area (Å²) in [6, 6.07) is 13.3. The fourth-order valence-electron chi connectivity index (χ4n) is 2.93. The van der Waals surface area contributed by atoms with E-state index in [0.717, 1.165) is 18.5 Å². The number of alkyl halides is 2. The van der Waals surface area contributed by atoms with E-state index in [2.05, 4.69) is 16.1 Å². The summed E-state index contributed by atoms with van der Waals surface area (Å²) in [5.74, 6) is 0.201. The van der Waals surface area contributed by atoms with Crippen LogP contribution in [0.5, 0.6) is 5.75 Å². The molecule has 1 unspecified atom stereocenters. The Hall–Kier alpha value is -2.03. The maximum absolute atomic E-state index is 12.5. The summed E-state index contributed by atoms with van der Waals surface area (Å²) in [7, 11) is -3.70.